The Morgan fingerprint density at radius 1 is 0.692 bits per heavy atom. The van der Waals surface area contributed by atoms with Gasteiger partial charge in [0.1, 0.15) is 5.75 Å². The van der Waals surface area contributed by atoms with Crippen LogP contribution in [0.5, 0.6) is 28.7 Å². The predicted octanol–water partition coefficient (Wildman–Crippen LogP) is 9.38. The van der Waals surface area contributed by atoms with Crippen LogP contribution in [0.3, 0.4) is 0 Å². The molecule has 0 aliphatic heterocycles. The van der Waals surface area contributed by atoms with E-state index in [1.807, 2.05) is 24.3 Å². The van der Waals surface area contributed by atoms with Crippen molar-refractivity contribution in [2.75, 3.05) is 21.3 Å². The first-order chi connectivity index (χ1) is 17.9. The molecule has 0 saturated heterocycles. The smallest absolute Gasteiger partial charge is 0.250 e. The van der Waals surface area contributed by atoms with E-state index in [4.69, 9.17) is 23.1 Å². The maximum Gasteiger partial charge on any atom is 0.250 e. The van der Waals surface area contributed by atoms with E-state index in [0.717, 1.165) is 28.2 Å². The Morgan fingerprint density at radius 2 is 1.18 bits per heavy atom. The maximum atomic E-state index is 7.07. The molecule has 0 aliphatic rings. The van der Waals surface area contributed by atoms with Crippen LogP contribution in [0.1, 0.15) is 58.2 Å². The number of rotatable bonds is 11. The molecule has 0 spiro atoms. The zero-order valence-corrected chi connectivity index (χ0v) is 28.5. The number of allylic oxidation sites excluding steroid dienone is 1. The first-order valence-electron chi connectivity index (χ1n) is 13.5. The van der Waals surface area contributed by atoms with Gasteiger partial charge in [0, 0.05) is 11.1 Å². The predicted molar refractivity (Wildman–Crippen MR) is 171 cm³/mol. The maximum absolute atomic E-state index is 7.07. The van der Waals surface area contributed by atoms with E-state index < -0.39 is 16.6 Å². The van der Waals surface area contributed by atoms with Crippen molar-refractivity contribution in [1.82, 2.24) is 0 Å². The lowest BCUT2D eigenvalue weighted by molar-refractivity contribution is 0.324. The van der Waals surface area contributed by atoms with Crippen molar-refractivity contribution in [2.45, 2.75) is 84.2 Å². The molecule has 0 atom stereocenters. The minimum Gasteiger partial charge on any atom is -0.541 e. The van der Waals surface area contributed by atoms with Gasteiger partial charge in [0.15, 0.2) is 17.2 Å². The van der Waals surface area contributed by atoms with Gasteiger partial charge in [-0.05, 0) is 60.4 Å². The summed E-state index contributed by atoms with van der Waals surface area (Å²) in [7, 11) is 0.473. The first kappa shape index (κ1) is 32.6. The fourth-order valence-corrected chi connectivity index (χ4v) is 5.55. The zero-order chi connectivity index (χ0) is 29.8. The average molecular weight is 571 g/mol. The van der Waals surface area contributed by atoms with Crippen molar-refractivity contribution >= 4 is 28.8 Å². The Kier molecular flexibility index (Phi) is 10.2. The van der Waals surface area contributed by atoms with Gasteiger partial charge < -0.3 is 23.1 Å². The third-order valence-corrected chi connectivity index (χ3v) is 16.7. The van der Waals surface area contributed by atoms with E-state index in [1.165, 1.54) is 0 Å². The molecule has 0 aromatic heterocycles. The molecule has 5 nitrogen and oxygen atoms in total. The second kappa shape index (κ2) is 12.3. The summed E-state index contributed by atoms with van der Waals surface area (Å²) in [6.07, 6.45) is 6.75. The molecule has 2 aromatic carbocycles. The van der Waals surface area contributed by atoms with Crippen LogP contribution in [0.2, 0.25) is 36.3 Å². The highest BCUT2D eigenvalue weighted by molar-refractivity contribution is 6.75. The molecule has 2 rings (SSSR count). The standard InChI is InChI=1S/C32H50O5Si2/c1-15-16-24-19-20-25(18-17-23-21-26(33-8)30(35-10)27(22-23)34-9)29(37-39(13,14)32(5,6)7)28(24)36-38(11,12)31(2,3)4/h15,17-22H,1,16H2,2-14H3/b18-17-. The lowest BCUT2D eigenvalue weighted by Gasteiger charge is -2.40. The number of hydrogen-bond donors (Lipinski definition) is 0. The second-order valence-corrected chi connectivity index (χ2v) is 22.4. The summed E-state index contributed by atoms with van der Waals surface area (Å²) in [6.45, 7) is 26.7. The highest BCUT2D eigenvalue weighted by atomic mass is 28.4. The van der Waals surface area contributed by atoms with Gasteiger partial charge >= 0.3 is 0 Å². The molecule has 0 heterocycles. The van der Waals surface area contributed by atoms with Crippen LogP contribution >= 0.6 is 0 Å². The quantitative estimate of drug-likeness (QED) is 0.153. The molecular formula is C32H50O5Si2. The molecule has 0 aliphatic carbocycles. The summed E-state index contributed by atoms with van der Waals surface area (Å²) in [5.41, 5.74) is 2.98. The van der Waals surface area contributed by atoms with Crippen LogP contribution in [0.15, 0.2) is 36.9 Å². The SMILES string of the molecule is C=CCc1ccc(/C=C\c2cc(OC)c(OC)c(OC)c2)c(O[Si](C)(C)C(C)(C)C)c1O[Si](C)(C)C(C)(C)C. The van der Waals surface area contributed by atoms with Crippen molar-refractivity contribution in [3.05, 3.63) is 53.6 Å². The Morgan fingerprint density at radius 3 is 1.59 bits per heavy atom. The van der Waals surface area contributed by atoms with Gasteiger partial charge in [-0.1, -0.05) is 71.9 Å². The van der Waals surface area contributed by atoms with E-state index in [-0.39, 0.29) is 10.1 Å². The molecule has 39 heavy (non-hydrogen) atoms. The molecule has 0 N–H and O–H groups in total. The Hall–Kier alpha value is -2.65. The minimum absolute atomic E-state index is 0.0212. The lowest BCUT2D eigenvalue weighted by Crippen LogP contribution is -2.46. The van der Waals surface area contributed by atoms with Gasteiger partial charge in [0.05, 0.1) is 21.3 Å². The van der Waals surface area contributed by atoms with Gasteiger partial charge in [-0.25, -0.2) is 0 Å². The largest absolute Gasteiger partial charge is 0.541 e. The van der Waals surface area contributed by atoms with Crippen LogP contribution in [0.4, 0.5) is 0 Å². The monoisotopic (exact) mass is 570 g/mol. The topological polar surface area (TPSA) is 46.2 Å². The van der Waals surface area contributed by atoms with Crippen molar-refractivity contribution in [3.63, 3.8) is 0 Å². The van der Waals surface area contributed by atoms with E-state index in [0.29, 0.717) is 23.7 Å². The molecule has 2 aromatic rings. The number of hydrogen-bond acceptors (Lipinski definition) is 5. The third-order valence-electron chi connectivity index (χ3n) is 8.06. The van der Waals surface area contributed by atoms with Crippen LogP contribution in [-0.4, -0.2) is 38.0 Å². The normalized spacial score (nSPS) is 12.8. The van der Waals surface area contributed by atoms with Gasteiger partial charge in [-0.15, -0.1) is 6.58 Å². The molecule has 0 amide bonds. The number of benzene rings is 2. The molecule has 216 valence electrons. The highest BCUT2D eigenvalue weighted by Gasteiger charge is 2.43. The van der Waals surface area contributed by atoms with Gasteiger partial charge in [0.2, 0.25) is 5.75 Å². The fraction of sp³-hybridized carbons (Fsp3) is 0.500. The van der Waals surface area contributed by atoms with Gasteiger partial charge in [-0.3, -0.25) is 0 Å². The summed E-state index contributed by atoms with van der Waals surface area (Å²) in [5.74, 6) is 3.45. The van der Waals surface area contributed by atoms with Crippen LogP contribution in [0, 0.1) is 0 Å². The van der Waals surface area contributed by atoms with Crippen molar-refractivity contribution < 1.29 is 23.1 Å². The third kappa shape index (κ3) is 7.51. The van der Waals surface area contributed by atoms with Gasteiger partial charge in [-0.2, -0.15) is 0 Å². The van der Waals surface area contributed by atoms with Gasteiger partial charge in [0.25, 0.3) is 16.6 Å². The molecule has 0 radical (unpaired) electrons. The van der Waals surface area contributed by atoms with E-state index >= 15 is 0 Å². The molecule has 7 heteroatoms. The summed E-state index contributed by atoms with van der Waals surface area (Å²) >= 11 is 0. The minimum atomic E-state index is -2.21. The Balaban J connectivity index is 2.81. The molecule has 0 unspecified atom stereocenters. The van der Waals surface area contributed by atoms with Crippen molar-refractivity contribution in [2.24, 2.45) is 0 Å². The number of ether oxygens (including phenoxy) is 3. The second-order valence-electron chi connectivity index (χ2n) is 13.0. The Bertz CT molecular complexity index is 1160. The summed E-state index contributed by atoms with van der Waals surface area (Å²) in [5, 5.41) is 0.0577. The summed E-state index contributed by atoms with van der Waals surface area (Å²) in [6, 6.07) is 8.13. The summed E-state index contributed by atoms with van der Waals surface area (Å²) < 4.78 is 30.7. The first-order valence-corrected chi connectivity index (χ1v) is 19.4. The van der Waals surface area contributed by atoms with Crippen LogP contribution in [0.25, 0.3) is 12.2 Å². The van der Waals surface area contributed by atoms with E-state index in [9.17, 15) is 0 Å². The number of methoxy groups -OCH3 is 3. The molecule has 0 saturated carbocycles. The van der Waals surface area contributed by atoms with E-state index in [2.05, 4.69) is 92.5 Å². The Labute approximate surface area is 239 Å². The molecule has 0 bridgehead atoms. The highest BCUT2D eigenvalue weighted by Crippen LogP contribution is 2.47. The summed E-state index contributed by atoms with van der Waals surface area (Å²) in [4.78, 5) is 0. The van der Waals surface area contributed by atoms with Crippen LogP contribution < -0.4 is 23.1 Å². The molecular weight excluding hydrogens is 521 g/mol. The fourth-order valence-electron chi connectivity index (χ4n) is 3.48. The van der Waals surface area contributed by atoms with E-state index in [1.54, 1.807) is 21.3 Å². The van der Waals surface area contributed by atoms with Crippen LogP contribution in [-0.2, 0) is 6.42 Å². The lowest BCUT2D eigenvalue weighted by atomic mass is 10.0. The average Bonchev–Trinajstić information content (AvgIpc) is 2.83. The van der Waals surface area contributed by atoms with Crippen molar-refractivity contribution in [1.29, 1.82) is 0 Å². The molecule has 0 fully saturated rings. The zero-order valence-electron chi connectivity index (χ0n) is 26.5. The van der Waals surface area contributed by atoms with Crippen molar-refractivity contribution in [3.8, 4) is 28.7 Å².